The molecule has 1 aromatic heterocycles. The SMILES string of the molecule is Cc1c(/C=N\Cc2ccccc2O[Si](C)(C)C)cnn1C. The highest BCUT2D eigenvalue weighted by Gasteiger charge is 2.17. The maximum absolute atomic E-state index is 6.11. The lowest BCUT2D eigenvalue weighted by molar-refractivity contribution is 0.549. The molecule has 1 heterocycles. The molecule has 2 aromatic rings. The summed E-state index contributed by atoms with van der Waals surface area (Å²) in [4.78, 5) is 4.53. The average Bonchev–Trinajstić information content (AvgIpc) is 2.71. The van der Waals surface area contributed by atoms with Crippen LogP contribution in [0.1, 0.15) is 16.8 Å². The van der Waals surface area contributed by atoms with Crippen LogP contribution in [-0.4, -0.2) is 24.3 Å². The molecule has 0 radical (unpaired) electrons. The van der Waals surface area contributed by atoms with Crippen molar-refractivity contribution in [2.24, 2.45) is 12.0 Å². The Morgan fingerprint density at radius 3 is 2.62 bits per heavy atom. The number of para-hydroxylation sites is 1. The number of hydrogen-bond donors (Lipinski definition) is 0. The van der Waals surface area contributed by atoms with Gasteiger partial charge in [0.2, 0.25) is 8.32 Å². The first kappa shape index (κ1) is 15.5. The van der Waals surface area contributed by atoms with Gasteiger partial charge in [-0.1, -0.05) is 18.2 Å². The van der Waals surface area contributed by atoms with Gasteiger partial charge >= 0.3 is 0 Å². The average molecular weight is 301 g/mol. The van der Waals surface area contributed by atoms with E-state index in [4.69, 9.17) is 4.43 Å². The van der Waals surface area contributed by atoms with E-state index in [0.717, 1.165) is 22.6 Å². The summed E-state index contributed by atoms with van der Waals surface area (Å²) < 4.78 is 7.96. The summed E-state index contributed by atoms with van der Waals surface area (Å²) in [7, 11) is 0.331. The van der Waals surface area contributed by atoms with Crippen molar-refractivity contribution in [3.63, 3.8) is 0 Å². The fraction of sp³-hybridized carbons (Fsp3) is 0.375. The van der Waals surface area contributed by atoms with Gasteiger partial charge in [0.05, 0.1) is 12.7 Å². The van der Waals surface area contributed by atoms with Crippen molar-refractivity contribution in [2.45, 2.75) is 33.1 Å². The minimum absolute atomic E-state index is 0.620. The number of benzene rings is 1. The quantitative estimate of drug-likeness (QED) is 0.625. The van der Waals surface area contributed by atoms with Crippen molar-refractivity contribution < 1.29 is 4.43 Å². The number of aliphatic imine (C=N–C) groups is 1. The Kier molecular flexibility index (Phi) is 4.62. The summed E-state index contributed by atoms with van der Waals surface area (Å²) in [5.41, 5.74) is 3.30. The topological polar surface area (TPSA) is 39.4 Å². The standard InChI is InChI=1S/C16H23N3OSi/c1-13-15(12-18-19(13)2)11-17-10-14-8-6-7-9-16(14)20-21(3,4)5/h6-9,11-12H,10H2,1-5H3/b17-11-. The smallest absolute Gasteiger partial charge is 0.242 e. The molecule has 0 amide bonds. The largest absolute Gasteiger partial charge is 0.544 e. The van der Waals surface area contributed by atoms with Gasteiger partial charge in [-0.3, -0.25) is 9.67 Å². The maximum atomic E-state index is 6.11. The Morgan fingerprint density at radius 2 is 2.00 bits per heavy atom. The van der Waals surface area contributed by atoms with Crippen LogP contribution in [0.25, 0.3) is 0 Å². The van der Waals surface area contributed by atoms with Crippen LogP contribution in [0.15, 0.2) is 35.5 Å². The first-order chi connectivity index (χ1) is 9.87. The van der Waals surface area contributed by atoms with E-state index in [9.17, 15) is 0 Å². The molecule has 0 fully saturated rings. The second kappa shape index (κ2) is 6.26. The van der Waals surface area contributed by atoms with E-state index in [1.54, 1.807) is 0 Å². The van der Waals surface area contributed by atoms with E-state index in [1.165, 1.54) is 0 Å². The van der Waals surface area contributed by atoms with Crippen LogP contribution < -0.4 is 4.43 Å². The van der Waals surface area contributed by atoms with Gasteiger partial charge in [-0.15, -0.1) is 0 Å². The van der Waals surface area contributed by atoms with Crippen molar-refractivity contribution >= 4 is 14.5 Å². The molecule has 0 saturated carbocycles. The zero-order valence-electron chi connectivity index (χ0n) is 13.4. The van der Waals surface area contributed by atoms with Crippen molar-refractivity contribution in [3.05, 3.63) is 47.3 Å². The molecule has 0 unspecified atom stereocenters. The van der Waals surface area contributed by atoms with E-state index in [0.29, 0.717) is 6.54 Å². The monoisotopic (exact) mass is 301 g/mol. The highest BCUT2D eigenvalue weighted by atomic mass is 28.4. The number of hydrogen-bond acceptors (Lipinski definition) is 3. The predicted octanol–water partition coefficient (Wildman–Crippen LogP) is 3.56. The van der Waals surface area contributed by atoms with Crippen LogP contribution in [0.4, 0.5) is 0 Å². The van der Waals surface area contributed by atoms with E-state index < -0.39 is 8.32 Å². The first-order valence-corrected chi connectivity index (χ1v) is 10.5. The summed E-state index contributed by atoms with van der Waals surface area (Å²) in [5, 5.41) is 4.21. The van der Waals surface area contributed by atoms with E-state index in [-0.39, 0.29) is 0 Å². The Morgan fingerprint density at radius 1 is 1.29 bits per heavy atom. The summed E-state index contributed by atoms with van der Waals surface area (Å²) in [6.45, 7) is 9.22. The molecule has 0 atom stereocenters. The van der Waals surface area contributed by atoms with Crippen molar-refractivity contribution in [1.29, 1.82) is 0 Å². The lowest BCUT2D eigenvalue weighted by atomic mass is 10.2. The van der Waals surface area contributed by atoms with Crippen LogP contribution >= 0.6 is 0 Å². The highest BCUT2D eigenvalue weighted by Crippen LogP contribution is 2.22. The zero-order chi connectivity index (χ0) is 15.5. The molecule has 0 aliphatic heterocycles. The molecule has 0 aliphatic carbocycles. The summed E-state index contributed by atoms with van der Waals surface area (Å²) in [6.07, 6.45) is 3.72. The van der Waals surface area contributed by atoms with Gasteiger partial charge in [-0.25, -0.2) is 0 Å². The molecule has 21 heavy (non-hydrogen) atoms. The molecule has 5 heteroatoms. The van der Waals surface area contributed by atoms with Crippen LogP contribution in [-0.2, 0) is 13.6 Å². The fourth-order valence-corrected chi connectivity index (χ4v) is 2.81. The maximum Gasteiger partial charge on any atom is 0.242 e. The van der Waals surface area contributed by atoms with Crippen molar-refractivity contribution in [2.75, 3.05) is 0 Å². The molecule has 0 spiro atoms. The second-order valence-corrected chi connectivity index (χ2v) is 10.5. The zero-order valence-corrected chi connectivity index (χ0v) is 14.4. The van der Waals surface area contributed by atoms with Gasteiger partial charge in [0.1, 0.15) is 5.75 Å². The molecule has 4 nitrogen and oxygen atoms in total. The van der Waals surface area contributed by atoms with Crippen molar-refractivity contribution in [3.8, 4) is 5.75 Å². The fourth-order valence-electron chi connectivity index (χ4n) is 1.95. The number of aromatic nitrogens is 2. The molecule has 0 bridgehead atoms. The Balaban J connectivity index is 2.11. The molecular formula is C16H23N3OSi. The van der Waals surface area contributed by atoms with E-state index in [2.05, 4.69) is 35.8 Å². The molecular weight excluding hydrogens is 278 g/mol. The summed E-state index contributed by atoms with van der Waals surface area (Å²) >= 11 is 0. The van der Waals surface area contributed by atoms with Gasteiger partial charge in [0, 0.05) is 30.1 Å². The second-order valence-electron chi connectivity index (χ2n) is 6.10. The first-order valence-electron chi connectivity index (χ1n) is 7.12. The molecule has 112 valence electrons. The predicted molar refractivity (Wildman–Crippen MR) is 89.7 cm³/mol. The van der Waals surface area contributed by atoms with Gasteiger partial charge in [0.15, 0.2) is 0 Å². The number of nitrogens with zero attached hydrogens (tertiary/aromatic N) is 3. The minimum atomic E-state index is -1.60. The van der Waals surface area contributed by atoms with Crippen LogP contribution in [0.3, 0.4) is 0 Å². The molecule has 1 aromatic carbocycles. The van der Waals surface area contributed by atoms with Crippen LogP contribution in [0.2, 0.25) is 19.6 Å². The van der Waals surface area contributed by atoms with Gasteiger partial charge in [-0.2, -0.15) is 5.10 Å². The number of aryl methyl sites for hydroxylation is 1. The lowest BCUT2D eigenvalue weighted by Crippen LogP contribution is -2.29. The van der Waals surface area contributed by atoms with Gasteiger partial charge < -0.3 is 4.43 Å². The van der Waals surface area contributed by atoms with Crippen LogP contribution in [0.5, 0.6) is 5.75 Å². The Hall–Kier alpha value is -1.88. The molecule has 2 rings (SSSR count). The van der Waals surface area contributed by atoms with Gasteiger partial charge in [-0.05, 0) is 32.6 Å². The van der Waals surface area contributed by atoms with Gasteiger partial charge in [0.25, 0.3) is 0 Å². The third-order valence-electron chi connectivity index (χ3n) is 3.15. The molecule has 0 saturated heterocycles. The lowest BCUT2D eigenvalue weighted by Gasteiger charge is -2.21. The molecule has 0 N–H and O–H groups in total. The molecule has 0 aliphatic rings. The van der Waals surface area contributed by atoms with E-state index >= 15 is 0 Å². The summed E-state index contributed by atoms with van der Waals surface area (Å²) in [5.74, 6) is 0.955. The van der Waals surface area contributed by atoms with Crippen LogP contribution in [0, 0.1) is 6.92 Å². The Bertz CT molecular complexity index is 641. The normalized spacial score (nSPS) is 12.0. The third-order valence-corrected chi connectivity index (χ3v) is 3.99. The highest BCUT2D eigenvalue weighted by molar-refractivity contribution is 6.70. The summed E-state index contributed by atoms with van der Waals surface area (Å²) in [6, 6.07) is 8.13. The third kappa shape index (κ3) is 4.29. The number of rotatable bonds is 5. The van der Waals surface area contributed by atoms with Crippen molar-refractivity contribution in [1.82, 2.24) is 9.78 Å². The minimum Gasteiger partial charge on any atom is -0.544 e. The van der Waals surface area contributed by atoms with E-state index in [1.807, 2.05) is 49.3 Å². The Labute approximate surface area is 127 Å².